The molecular weight excluding hydrogens is 240 g/mol. The van der Waals surface area contributed by atoms with Crippen LogP contribution in [0.3, 0.4) is 0 Å². The zero-order valence-electron chi connectivity index (χ0n) is 10.2. The summed E-state index contributed by atoms with van der Waals surface area (Å²) in [5.41, 5.74) is 1.41. The van der Waals surface area contributed by atoms with E-state index in [1.54, 1.807) is 24.3 Å². The third-order valence-corrected chi connectivity index (χ3v) is 2.42. The summed E-state index contributed by atoms with van der Waals surface area (Å²) in [7, 11) is 0. The lowest BCUT2D eigenvalue weighted by Gasteiger charge is -2.07. The fourth-order valence-electron chi connectivity index (χ4n) is 1.48. The van der Waals surface area contributed by atoms with E-state index in [0.29, 0.717) is 5.56 Å². The van der Waals surface area contributed by atoms with E-state index in [0.717, 1.165) is 5.56 Å². The van der Waals surface area contributed by atoms with E-state index in [1.165, 1.54) is 0 Å². The minimum absolute atomic E-state index is 0.0290. The monoisotopic (exact) mass is 253 g/mol. The summed E-state index contributed by atoms with van der Waals surface area (Å²) in [5.74, 6) is -0.0290. The van der Waals surface area contributed by atoms with E-state index < -0.39 is 6.09 Å². The molecule has 2 N–H and O–H groups in total. The summed E-state index contributed by atoms with van der Waals surface area (Å²) in [4.78, 5) is 11.5. The van der Waals surface area contributed by atoms with E-state index in [9.17, 15) is 4.79 Å². The van der Waals surface area contributed by atoms with Crippen molar-refractivity contribution in [3.05, 3.63) is 71.8 Å². The Morgan fingerprint density at radius 3 is 2.58 bits per heavy atom. The number of hydrogen-bond donors (Lipinski definition) is 2. The predicted molar refractivity (Wildman–Crippen MR) is 71.9 cm³/mol. The molecule has 2 aromatic carbocycles. The average Bonchev–Trinajstić information content (AvgIpc) is 2.47. The zero-order chi connectivity index (χ0) is 13.5. The molecule has 2 aromatic rings. The molecule has 0 aliphatic rings. The van der Waals surface area contributed by atoms with Crippen molar-refractivity contribution in [3.8, 4) is 0 Å². The summed E-state index contributed by atoms with van der Waals surface area (Å²) in [5, 5.41) is 10.1. The van der Waals surface area contributed by atoms with Crippen molar-refractivity contribution in [1.29, 1.82) is 5.41 Å². The molecule has 1 radical (unpaired) electrons. The first-order valence-electron chi connectivity index (χ1n) is 5.79. The van der Waals surface area contributed by atoms with E-state index in [2.05, 4.69) is 11.4 Å². The number of amides is 1. The van der Waals surface area contributed by atoms with Gasteiger partial charge in [0.25, 0.3) is 0 Å². The molecule has 2 rings (SSSR count). The molecule has 0 fully saturated rings. The fourth-order valence-corrected chi connectivity index (χ4v) is 1.48. The topological polar surface area (TPSA) is 62.2 Å². The van der Waals surface area contributed by atoms with Crippen molar-refractivity contribution >= 4 is 11.9 Å². The predicted octanol–water partition coefficient (Wildman–Crippen LogP) is 2.74. The molecule has 1 amide bonds. The molecule has 0 saturated carbocycles. The van der Waals surface area contributed by atoms with Crippen molar-refractivity contribution in [1.82, 2.24) is 5.32 Å². The first kappa shape index (κ1) is 12.8. The second-order valence-corrected chi connectivity index (χ2v) is 3.84. The van der Waals surface area contributed by atoms with E-state index in [-0.39, 0.29) is 12.4 Å². The van der Waals surface area contributed by atoms with E-state index in [1.807, 2.05) is 30.3 Å². The van der Waals surface area contributed by atoms with Gasteiger partial charge in [-0.05, 0) is 11.6 Å². The number of benzene rings is 2. The van der Waals surface area contributed by atoms with Gasteiger partial charge in [0.15, 0.2) is 0 Å². The number of alkyl carbamates (subject to hydrolysis) is 1. The second-order valence-electron chi connectivity index (χ2n) is 3.84. The maximum Gasteiger partial charge on any atom is 0.413 e. The van der Waals surface area contributed by atoms with Crippen LogP contribution in [0.1, 0.15) is 11.1 Å². The number of hydrogen-bond acceptors (Lipinski definition) is 3. The standard InChI is InChI=1S/C15H13N2O2/c16-14(13-9-5-2-6-10-13)17-15(18)19-11-12-7-3-1-4-8-12/h1-9H,11H2,(H2,16,17,18). The van der Waals surface area contributed by atoms with Gasteiger partial charge < -0.3 is 4.74 Å². The molecule has 0 bridgehead atoms. The summed E-state index contributed by atoms with van der Waals surface area (Å²) in [6.45, 7) is 0.179. The van der Waals surface area contributed by atoms with Crippen LogP contribution >= 0.6 is 0 Å². The molecule has 0 heterocycles. The van der Waals surface area contributed by atoms with Crippen molar-refractivity contribution in [2.45, 2.75) is 6.61 Å². The highest BCUT2D eigenvalue weighted by Gasteiger charge is 2.07. The Kier molecular flexibility index (Phi) is 4.29. The Balaban J connectivity index is 1.83. The molecule has 95 valence electrons. The van der Waals surface area contributed by atoms with Gasteiger partial charge in [0.1, 0.15) is 12.4 Å². The van der Waals surface area contributed by atoms with Gasteiger partial charge in [-0.2, -0.15) is 0 Å². The molecular formula is C15H13N2O2. The van der Waals surface area contributed by atoms with Crippen LogP contribution in [0.4, 0.5) is 4.79 Å². The van der Waals surface area contributed by atoms with Crippen LogP contribution in [0.5, 0.6) is 0 Å². The van der Waals surface area contributed by atoms with E-state index >= 15 is 0 Å². The highest BCUT2D eigenvalue weighted by Crippen LogP contribution is 2.01. The molecule has 0 saturated heterocycles. The number of carbonyl (C=O) groups is 1. The van der Waals surface area contributed by atoms with Crippen molar-refractivity contribution < 1.29 is 9.53 Å². The number of nitrogens with one attached hydrogen (secondary N) is 2. The van der Waals surface area contributed by atoms with Crippen molar-refractivity contribution in [2.24, 2.45) is 0 Å². The van der Waals surface area contributed by atoms with Gasteiger partial charge in [-0.15, -0.1) is 0 Å². The fraction of sp³-hybridized carbons (Fsp3) is 0.0667. The highest BCUT2D eigenvalue weighted by atomic mass is 16.5. The maximum absolute atomic E-state index is 11.5. The van der Waals surface area contributed by atoms with Crippen molar-refractivity contribution in [3.63, 3.8) is 0 Å². The lowest BCUT2D eigenvalue weighted by Crippen LogP contribution is -2.30. The summed E-state index contributed by atoms with van der Waals surface area (Å²) >= 11 is 0. The Bertz CT molecular complexity index is 553. The molecule has 4 nitrogen and oxygen atoms in total. The Morgan fingerprint density at radius 1 is 1.16 bits per heavy atom. The minimum atomic E-state index is -0.647. The number of rotatable bonds is 3. The number of ether oxygens (including phenoxy) is 1. The van der Waals surface area contributed by atoms with Gasteiger partial charge in [0.05, 0.1) is 0 Å². The average molecular weight is 253 g/mol. The first-order valence-corrected chi connectivity index (χ1v) is 5.79. The Labute approximate surface area is 111 Å². The van der Waals surface area contributed by atoms with Crippen LogP contribution in [0.2, 0.25) is 0 Å². The lowest BCUT2D eigenvalue weighted by molar-refractivity contribution is 0.145. The third kappa shape index (κ3) is 3.96. The zero-order valence-corrected chi connectivity index (χ0v) is 10.2. The van der Waals surface area contributed by atoms with Gasteiger partial charge in [0, 0.05) is 5.56 Å². The number of amidine groups is 1. The summed E-state index contributed by atoms with van der Waals surface area (Å²) in [6.07, 6.45) is -0.647. The molecule has 0 aliphatic carbocycles. The smallest absolute Gasteiger partial charge is 0.413 e. The molecule has 4 heteroatoms. The van der Waals surface area contributed by atoms with Crippen LogP contribution in [-0.2, 0) is 11.3 Å². The van der Waals surface area contributed by atoms with Gasteiger partial charge in [0.2, 0.25) is 0 Å². The van der Waals surface area contributed by atoms with Crippen molar-refractivity contribution in [2.75, 3.05) is 0 Å². The molecule has 0 atom stereocenters. The van der Waals surface area contributed by atoms with Crippen LogP contribution in [-0.4, -0.2) is 11.9 Å². The van der Waals surface area contributed by atoms with Crippen LogP contribution in [0.15, 0.2) is 54.6 Å². The molecule has 0 aliphatic heterocycles. The second kappa shape index (κ2) is 6.35. The lowest BCUT2D eigenvalue weighted by atomic mass is 10.2. The van der Waals surface area contributed by atoms with E-state index in [4.69, 9.17) is 10.1 Å². The van der Waals surface area contributed by atoms with Crippen LogP contribution in [0.25, 0.3) is 0 Å². The summed E-state index contributed by atoms with van der Waals surface area (Å²) in [6, 6.07) is 19.2. The van der Waals surface area contributed by atoms with Crippen LogP contribution < -0.4 is 5.32 Å². The van der Waals surface area contributed by atoms with Gasteiger partial charge >= 0.3 is 6.09 Å². The first-order chi connectivity index (χ1) is 9.25. The third-order valence-electron chi connectivity index (χ3n) is 2.42. The normalized spacial score (nSPS) is 9.68. The van der Waals surface area contributed by atoms with Gasteiger partial charge in [-0.3, -0.25) is 10.7 Å². The van der Waals surface area contributed by atoms with Gasteiger partial charge in [-0.25, -0.2) is 4.79 Å². The maximum atomic E-state index is 11.5. The highest BCUT2D eigenvalue weighted by molar-refractivity contribution is 6.04. The summed E-state index contributed by atoms with van der Waals surface area (Å²) < 4.78 is 5.02. The minimum Gasteiger partial charge on any atom is -0.444 e. The Morgan fingerprint density at radius 2 is 1.89 bits per heavy atom. The quantitative estimate of drug-likeness (QED) is 0.652. The SMILES string of the molecule is N=C(NC(=O)OCc1ccccc1)c1[c]cccc1. The largest absolute Gasteiger partial charge is 0.444 e. The molecule has 0 spiro atoms. The number of carbonyl (C=O) groups excluding carboxylic acids is 1. The molecule has 0 unspecified atom stereocenters. The Hall–Kier alpha value is -2.62. The van der Waals surface area contributed by atoms with Gasteiger partial charge in [-0.1, -0.05) is 54.6 Å². The molecule has 19 heavy (non-hydrogen) atoms. The molecule has 0 aromatic heterocycles. The van der Waals surface area contributed by atoms with Crippen LogP contribution in [0, 0.1) is 11.5 Å².